The first-order chi connectivity index (χ1) is 8.61. The first kappa shape index (κ1) is 13.2. The minimum Gasteiger partial charge on any atom is -0.391 e. The highest BCUT2D eigenvalue weighted by molar-refractivity contribution is 7.80. The molecule has 1 fully saturated rings. The summed E-state index contributed by atoms with van der Waals surface area (Å²) in [5, 5.41) is 10.1. The molecule has 3 N–H and O–H groups in total. The van der Waals surface area contributed by atoms with E-state index >= 15 is 0 Å². The Morgan fingerprint density at radius 3 is 2.89 bits per heavy atom. The van der Waals surface area contributed by atoms with Crippen molar-refractivity contribution in [2.75, 3.05) is 11.9 Å². The summed E-state index contributed by atoms with van der Waals surface area (Å²) in [6.45, 7) is 0. The molecule has 1 aliphatic rings. The summed E-state index contributed by atoms with van der Waals surface area (Å²) >= 11 is 5.06. The van der Waals surface area contributed by atoms with Crippen LogP contribution in [-0.4, -0.2) is 34.3 Å². The summed E-state index contributed by atoms with van der Waals surface area (Å²) in [5.41, 5.74) is 7.45. The lowest BCUT2D eigenvalue weighted by molar-refractivity contribution is 0.106. The summed E-state index contributed by atoms with van der Waals surface area (Å²) in [6.07, 6.45) is 7.25. The van der Waals surface area contributed by atoms with Crippen LogP contribution in [0.5, 0.6) is 0 Å². The van der Waals surface area contributed by atoms with Gasteiger partial charge in [0, 0.05) is 18.8 Å². The van der Waals surface area contributed by atoms with Crippen molar-refractivity contribution >= 4 is 22.9 Å². The highest BCUT2D eigenvalue weighted by atomic mass is 32.1. The second-order valence-electron chi connectivity index (χ2n) is 4.79. The van der Waals surface area contributed by atoms with Gasteiger partial charge in [0.25, 0.3) is 0 Å². The summed E-state index contributed by atoms with van der Waals surface area (Å²) < 4.78 is 0. The van der Waals surface area contributed by atoms with Crippen LogP contribution in [0.25, 0.3) is 0 Å². The third-order valence-corrected chi connectivity index (χ3v) is 3.86. The van der Waals surface area contributed by atoms with Crippen molar-refractivity contribution < 1.29 is 5.11 Å². The van der Waals surface area contributed by atoms with E-state index in [1.807, 2.05) is 13.1 Å². The molecule has 4 nitrogen and oxygen atoms in total. The van der Waals surface area contributed by atoms with Crippen LogP contribution in [-0.2, 0) is 0 Å². The number of hydrogen-bond donors (Lipinski definition) is 2. The Kier molecular flexibility index (Phi) is 4.14. The van der Waals surface area contributed by atoms with Gasteiger partial charge < -0.3 is 15.7 Å². The Hall–Kier alpha value is -1.20. The second kappa shape index (κ2) is 5.63. The van der Waals surface area contributed by atoms with E-state index in [4.69, 9.17) is 18.0 Å². The number of aromatic nitrogens is 1. The number of nitrogens with zero attached hydrogens (tertiary/aromatic N) is 2. The van der Waals surface area contributed by atoms with E-state index < -0.39 is 0 Å². The molecule has 0 aliphatic heterocycles. The Morgan fingerprint density at radius 1 is 1.50 bits per heavy atom. The minimum atomic E-state index is -0.289. The zero-order valence-electron chi connectivity index (χ0n) is 10.5. The Balaban J connectivity index is 2.27. The normalized spacial score (nSPS) is 23.7. The lowest BCUT2D eigenvalue weighted by Crippen LogP contribution is -2.44. The van der Waals surface area contributed by atoms with E-state index in [-0.39, 0.29) is 12.1 Å². The lowest BCUT2D eigenvalue weighted by atomic mass is 9.91. The van der Waals surface area contributed by atoms with E-state index in [9.17, 15) is 5.11 Å². The molecule has 1 heterocycles. The average molecular weight is 265 g/mol. The molecule has 1 aliphatic carbocycles. The second-order valence-corrected chi connectivity index (χ2v) is 5.23. The molecular weight excluding hydrogens is 246 g/mol. The molecule has 1 saturated carbocycles. The minimum absolute atomic E-state index is 0.121. The largest absolute Gasteiger partial charge is 0.391 e. The number of aliphatic hydroxyl groups is 1. The molecule has 2 rings (SSSR count). The van der Waals surface area contributed by atoms with Crippen molar-refractivity contribution in [3.8, 4) is 0 Å². The zero-order valence-corrected chi connectivity index (χ0v) is 11.4. The first-order valence-electron chi connectivity index (χ1n) is 6.26. The maximum absolute atomic E-state index is 10.1. The van der Waals surface area contributed by atoms with Crippen LogP contribution in [0, 0.1) is 0 Å². The highest BCUT2D eigenvalue weighted by Gasteiger charge is 2.28. The fourth-order valence-corrected chi connectivity index (χ4v) is 2.77. The molecule has 0 aromatic carbocycles. The summed E-state index contributed by atoms with van der Waals surface area (Å²) in [5.74, 6) is 0. The Bertz CT molecular complexity index is 438. The number of aliphatic hydroxyl groups excluding tert-OH is 1. The molecule has 5 heteroatoms. The average Bonchev–Trinajstić information content (AvgIpc) is 2.38. The van der Waals surface area contributed by atoms with Crippen LogP contribution in [0.1, 0.15) is 31.2 Å². The van der Waals surface area contributed by atoms with E-state index in [0.29, 0.717) is 4.99 Å². The number of thiocarbonyl (C=S) groups is 1. The fourth-order valence-electron chi connectivity index (χ4n) is 2.60. The van der Waals surface area contributed by atoms with Crippen molar-refractivity contribution in [1.82, 2.24) is 4.98 Å². The van der Waals surface area contributed by atoms with Crippen LogP contribution >= 0.6 is 12.2 Å². The van der Waals surface area contributed by atoms with Crippen molar-refractivity contribution in [3.05, 3.63) is 24.0 Å². The molecule has 0 radical (unpaired) electrons. The predicted octanol–water partition coefficient (Wildman–Crippen LogP) is 1.46. The number of pyridine rings is 1. The van der Waals surface area contributed by atoms with Crippen LogP contribution in [0.4, 0.5) is 5.69 Å². The van der Waals surface area contributed by atoms with Crippen LogP contribution in [0.2, 0.25) is 0 Å². The van der Waals surface area contributed by atoms with E-state index in [1.165, 1.54) is 0 Å². The molecule has 1 aromatic heterocycles. The van der Waals surface area contributed by atoms with E-state index in [0.717, 1.165) is 36.9 Å². The molecule has 0 spiro atoms. The molecule has 0 saturated heterocycles. The summed E-state index contributed by atoms with van der Waals surface area (Å²) in [4.78, 5) is 6.56. The van der Waals surface area contributed by atoms with Gasteiger partial charge in [-0.15, -0.1) is 0 Å². The van der Waals surface area contributed by atoms with Gasteiger partial charge in [-0.25, -0.2) is 0 Å². The highest BCUT2D eigenvalue weighted by Crippen LogP contribution is 2.28. The third kappa shape index (κ3) is 2.62. The molecule has 98 valence electrons. The van der Waals surface area contributed by atoms with Crippen LogP contribution in [0.15, 0.2) is 18.5 Å². The van der Waals surface area contributed by atoms with Gasteiger partial charge in [-0.05, 0) is 18.9 Å². The monoisotopic (exact) mass is 265 g/mol. The van der Waals surface area contributed by atoms with Gasteiger partial charge in [-0.1, -0.05) is 25.1 Å². The van der Waals surface area contributed by atoms with Gasteiger partial charge in [-0.2, -0.15) is 0 Å². The number of rotatable bonds is 3. The van der Waals surface area contributed by atoms with E-state index in [2.05, 4.69) is 9.88 Å². The van der Waals surface area contributed by atoms with Gasteiger partial charge in [0.15, 0.2) is 0 Å². The van der Waals surface area contributed by atoms with Crippen molar-refractivity contribution in [1.29, 1.82) is 0 Å². The fraction of sp³-hybridized carbons (Fsp3) is 0.538. The Morgan fingerprint density at radius 2 is 2.22 bits per heavy atom. The van der Waals surface area contributed by atoms with Gasteiger partial charge in [0.05, 0.1) is 24.0 Å². The molecule has 2 unspecified atom stereocenters. The SMILES string of the molecule is CN(c1cnccc1C(N)=S)C1CCCCC1O. The smallest absolute Gasteiger partial charge is 0.106 e. The Labute approximate surface area is 113 Å². The maximum Gasteiger partial charge on any atom is 0.106 e. The maximum atomic E-state index is 10.1. The first-order valence-corrected chi connectivity index (χ1v) is 6.67. The number of likely N-dealkylation sites (N-methyl/N-ethyl adjacent to an activating group) is 1. The molecular formula is C13H19N3OS. The van der Waals surface area contributed by atoms with Crippen molar-refractivity contribution in [2.24, 2.45) is 5.73 Å². The lowest BCUT2D eigenvalue weighted by Gasteiger charge is -2.37. The molecule has 18 heavy (non-hydrogen) atoms. The van der Waals surface area contributed by atoms with Crippen molar-refractivity contribution in [2.45, 2.75) is 37.8 Å². The summed E-state index contributed by atoms with van der Waals surface area (Å²) in [7, 11) is 1.97. The van der Waals surface area contributed by atoms with Crippen LogP contribution < -0.4 is 10.6 Å². The van der Waals surface area contributed by atoms with Gasteiger partial charge in [-0.3, -0.25) is 4.98 Å². The van der Waals surface area contributed by atoms with E-state index in [1.54, 1.807) is 12.4 Å². The molecule has 0 bridgehead atoms. The van der Waals surface area contributed by atoms with Crippen LogP contribution in [0.3, 0.4) is 0 Å². The molecule has 2 atom stereocenters. The third-order valence-electron chi connectivity index (χ3n) is 3.64. The number of anilines is 1. The standard InChI is InChI=1S/C13H19N3OS/c1-16(10-4-2-3-5-12(10)17)11-8-15-7-6-9(11)13(14)18/h6-8,10,12,17H,2-5H2,1H3,(H2,14,18). The number of nitrogens with two attached hydrogens (primary N) is 1. The molecule has 1 aromatic rings. The topological polar surface area (TPSA) is 62.4 Å². The quantitative estimate of drug-likeness (QED) is 0.810. The predicted molar refractivity (Wildman–Crippen MR) is 76.8 cm³/mol. The molecule has 0 amide bonds. The van der Waals surface area contributed by atoms with Gasteiger partial charge in [0.2, 0.25) is 0 Å². The van der Waals surface area contributed by atoms with Gasteiger partial charge >= 0.3 is 0 Å². The summed E-state index contributed by atoms with van der Waals surface area (Å²) in [6, 6.07) is 1.94. The zero-order chi connectivity index (χ0) is 13.1. The number of hydrogen-bond acceptors (Lipinski definition) is 4. The van der Waals surface area contributed by atoms with Gasteiger partial charge in [0.1, 0.15) is 4.99 Å². The van der Waals surface area contributed by atoms with Crippen molar-refractivity contribution in [3.63, 3.8) is 0 Å².